The highest BCUT2D eigenvalue weighted by molar-refractivity contribution is 5.60. The van der Waals surface area contributed by atoms with Crippen LogP contribution in [0.1, 0.15) is 44.3 Å². The number of anilines is 1. The largest absolute Gasteiger partial charge is 0.384 e. The summed E-state index contributed by atoms with van der Waals surface area (Å²) in [6.07, 6.45) is 8.65. The van der Waals surface area contributed by atoms with E-state index in [0.29, 0.717) is 11.7 Å². The Hall–Kier alpha value is -1.91. The van der Waals surface area contributed by atoms with Gasteiger partial charge in [0.2, 0.25) is 0 Å². The highest BCUT2D eigenvalue weighted by Gasteiger charge is 2.27. The van der Waals surface area contributed by atoms with Gasteiger partial charge in [-0.3, -0.25) is 4.68 Å². The van der Waals surface area contributed by atoms with Gasteiger partial charge in [0.1, 0.15) is 11.6 Å². The van der Waals surface area contributed by atoms with Crippen molar-refractivity contribution in [1.29, 1.82) is 0 Å². The van der Waals surface area contributed by atoms with E-state index in [0.717, 1.165) is 23.0 Å². The van der Waals surface area contributed by atoms with Crippen LogP contribution in [0.25, 0.3) is 11.3 Å². The quantitative estimate of drug-likeness (QED) is 0.932. The molecule has 2 aromatic rings. The molecule has 2 aromatic heterocycles. The molecule has 0 aromatic carbocycles. The fraction of sp³-hybridized carbons (Fsp3) is 0.533. The molecule has 20 heavy (non-hydrogen) atoms. The lowest BCUT2D eigenvalue weighted by molar-refractivity contribution is 0.517. The van der Waals surface area contributed by atoms with Gasteiger partial charge in [-0.2, -0.15) is 5.10 Å². The summed E-state index contributed by atoms with van der Waals surface area (Å²) in [5, 5.41) is 4.19. The molecular weight excluding hydrogens is 250 g/mol. The van der Waals surface area contributed by atoms with Crippen molar-refractivity contribution in [2.75, 3.05) is 5.73 Å². The van der Waals surface area contributed by atoms with E-state index in [2.05, 4.69) is 17.0 Å². The fourth-order valence-electron chi connectivity index (χ4n) is 3.05. The van der Waals surface area contributed by atoms with E-state index in [9.17, 15) is 0 Å². The van der Waals surface area contributed by atoms with Gasteiger partial charge in [-0.25, -0.2) is 9.97 Å². The van der Waals surface area contributed by atoms with E-state index in [1.54, 1.807) is 4.68 Å². The molecule has 2 atom stereocenters. The van der Waals surface area contributed by atoms with E-state index < -0.39 is 0 Å². The zero-order valence-electron chi connectivity index (χ0n) is 12.1. The van der Waals surface area contributed by atoms with Gasteiger partial charge >= 0.3 is 0 Å². The summed E-state index contributed by atoms with van der Waals surface area (Å²) in [5.41, 5.74) is 7.83. The predicted octanol–water partition coefficient (Wildman–Crippen LogP) is 2.75. The minimum Gasteiger partial charge on any atom is -0.384 e. The maximum Gasteiger partial charge on any atom is 0.134 e. The number of aryl methyl sites for hydroxylation is 1. The molecule has 1 saturated carbocycles. The lowest BCUT2D eigenvalue weighted by atomic mass is 10.0. The van der Waals surface area contributed by atoms with Gasteiger partial charge < -0.3 is 5.73 Å². The second kappa shape index (κ2) is 5.23. The molecule has 2 heterocycles. The van der Waals surface area contributed by atoms with Crippen LogP contribution in [0.5, 0.6) is 0 Å². The van der Waals surface area contributed by atoms with Crippen LogP contribution in [0.3, 0.4) is 0 Å². The van der Waals surface area contributed by atoms with Crippen LogP contribution < -0.4 is 5.73 Å². The Labute approximate surface area is 119 Å². The van der Waals surface area contributed by atoms with Crippen LogP contribution in [0.4, 0.5) is 5.82 Å². The Kier molecular flexibility index (Phi) is 3.42. The van der Waals surface area contributed by atoms with E-state index >= 15 is 0 Å². The van der Waals surface area contributed by atoms with Gasteiger partial charge in [0.05, 0.1) is 11.9 Å². The Morgan fingerprint density at radius 3 is 2.85 bits per heavy atom. The molecule has 0 radical (unpaired) electrons. The first-order valence-corrected chi connectivity index (χ1v) is 7.29. The van der Waals surface area contributed by atoms with Crippen molar-refractivity contribution in [2.24, 2.45) is 13.0 Å². The zero-order chi connectivity index (χ0) is 14.1. The lowest BCUT2D eigenvalue weighted by Crippen LogP contribution is -2.05. The first-order valence-electron chi connectivity index (χ1n) is 7.29. The second-order valence-electron chi connectivity index (χ2n) is 5.72. The van der Waals surface area contributed by atoms with Crippen LogP contribution >= 0.6 is 0 Å². The predicted molar refractivity (Wildman–Crippen MR) is 79.0 cm³/mol. The van der Waals surface area contributed by atoms with Crippen molar-refractivity contribution >= 4 is 5.82 Å². The summed E-state index contributed by atoms with van der Waals surface area (Å²) in [4.78, 5) is 9.18. The monoisotopic (exact) mass is 271 g/mol. The molecule has 3 rings (SSSR count). The molecule has 2 unspecified atom stereocenters. The maximum atomic E-state index is 5.96. The van der Waals surface area contributed by atoms with Crippen molar-refractivity contribution in [1.82, 2.24) is 19.7 Å². The van der Waals surface area contributed by atoms with Gasteiger partial charge in [0.25, 0.3) is 0 Å². The summed E-state index contributed by atoms with van der Waals surface area (Å²) in [7, 11) is 1.90. The maximum absolute atomic E-state index is 5.96. The topological polar surface area (TPSA) is 69.6 Å². The zero-order valence-corrected chi connectivity index (χ0v) is 12.1. The summed E-state index contributed by atoms with van der Waals surface area (Å²) in [6.45, 7) is 2.26. The number of nitrogens with zero attached hydrogens (tertiary/aromatic N) is 4. The molecular formula is C15H21N5. The van der Waals surface area contributed by atoms with Crippen LogP contribution in [-0.2, 0) is 7.05 Å². The van der Waals surface area contributed by atoms with Crippen molar-refractivity contribution in [3.63, 3.8) is 0 Å². The Balaban J connectivity index is 1.91. The number of hydrogen-bond donors (Lipinski definition) is 1. The fourth-order valence-corrected chi connectivity index (χ4v) is 3.05. The minimum atomic E-state index is 0.457. The number of rotatable bonds is 3. The molecule has 1 aliphatic carbocycles. The minimum absolute atomic E-state index is 0.457. The Morgan fingerprint density at radius 2 is 2.20 bits per heavy atom. The van der Waals surface area contributed by atoms with Crippen molar-refractivity contribution < 1.29 is 0 Å². The van der Waals surface area contributed by atoms with Gasteiger partial charge in [-0.1, -0.05) is 13.3 Å². The molecule has 106 valence electrons. The second-order valence-corrected chi connectivity index (χ2v) is 5.72. The van der Waals surface area contributed by atoms with Crippen LogP contribution in [-0.4, -0.2) is 19.7 Å². The third kappa shape index (κ3) is 2.53. The van der Waals surface area contributed by atoms with E-state index in [-0.39, 0.29) is 0 Å². The Bertz CT molecular complexity index is 604. The normalized spacial score (nSPS) is 22.3. The molecule has 5 nitrogen and oxygen atoms in total. The first-order chi connectivity index (χ1) is 9.65. The molecule has 1 fully saturated rings. The molecule has 0 amide bonds. The summed E-state index contributed by atoms with van der Waals surface area (Å²) < 4.78 is 1.77. The van der Waals surface area contributed by atoms with Crippen LogP contribution in [0.15, 0.2) is 18.5 Å². The molecule has 0 saturated heterocycles. The standard InChI is InChI=1S/C15H21N5/c1-3-10-4-5-11(6-10)15-18-13(7-14(16)19-15)12-8-17-20(2)9-12/h7-11H,3-6H2,1-2H3,(H2,16,18,19). The molecule has 0 bridgehead atoms. The van der Waals surface area contributed by atoms with Crippen LogP contribution in [0.2, 0.25) is 0 Å². The smallest absolute Gasteiger partial charge is 0.134 e. The average molecular weight is 271 g/mol. The van der Waals surface area contributed by atoms with Gasteiger partial charge in [-0.05, 0) is 25.2 Å². The van der Waals surface area contributed by atoms with Crippen molar-refractivity contribution in [3.05, 3.63) is 24.3 Å². The highest BCUT2D eigenvalue weighted by atomic mass is 15.2. The van der Waals surface area contributed by atoms with Crippen molar-refractivity contribution in [3.8, 4) is 11.3 Å². The lowest BCUT2D eigenvalue weighted by Gasteiger charge is -2.11. The first kappa shape index (κ1) is 13.1. The highest BCUT2D eigenvalue weighted by Crippen LogP contribution is 2.38. The van der Waals surface area contributed by atoms with E-state index in [1.165, 1.54) is 25.7 Å². The summed E-state index contributed by atoms with van der Waals surface area (Å²) in [6, 6.07) is 1.83. The molecule has 5 heteroatoms. The number of hydrogen-bond acceptors (Lipinski definition) is 4. The van der Waals surface area contributed by atoms with Crippen LogP contribution in [0, 0.1) is 5.92 Å². The number of nitrogen functional groups attached to an aromatic ring is 1. The van der Waals surface area contributed by atoms with E-state index in [4.69, 9.17) is 10.7 Å². The van der Waals surface area contributed by atoms with Gasteiger partial charge in [0.15, 0.2) is 0 Å². The number of nitrogens with two attached hydrogens (primary N) is 1. The molecule has 0 aliphatic heterocycles. The molecule has 0 spiro atoms. The third-order valence-electron chi connectivity index (χ3n) is 4.25. The van der Waals surface area contributed by atoms with Gasteiger partial charge in [0, 0.05) is 30.8 Å². The molecule has 2 N–H and O–H groups in total. The Morgan fingerprint density at radius 1 is 1.35 bits per heavy atom. The summed E-state index contributed by atoms with van der Waals surface area (Å²) in [5.74, 6) is 2.72. The number of aromatic nitrogens is 4. The van der Waals surface area contributed by atoms with Crippen molar-refractivity contribution in [2.45, 2.75) is 38.5 Å². The van der Waals surface area contributed by atoms with Gasteiger partial charge in [-0.15, -0.1) is 0 Å². The molecule has 1 aliphatic rings. The summed E-state index contributed by atoms with van der Waals surface area (Å²) >= 11 is 0. The average Bonchev–Trinajstić information content (AvgIpc) is 3.06. The SMILES string of the molecule is CCC1CCC(c2nc(N)cc(-c3cnn(C)c3)n2)C1. The van der Waals surface area contributed by atoms with E-state index in [1.807, 2.05) is 25.5 Å². The third-order valence-corrected chi connectivity index (χ3v) is 4.25.